The van der Waals surface area contributed by atoms with Gasteiger partial charge in [0, 0.05) is 40.3 Å². The van der Waals surface area contributed by atoms with Gasteiger partial charge in [-0.1, -0.05) is 19.9 Å². The first-order chi connectivity index (χ1) is 10.1. The van der Waals surface area contributed by atoms with E-state index in [4.69, 9.17) is 0 Å². The van der Waals surface area contributed by atoms with Crippen LogP contribution >= 0.6 is 0 Å². The second-order valence-corrected chi connectivity index (χ2v) is 5.69. The molecule has 118 valence electrons. The van der Waals surface area contributed by atoms with Crippen molar-refractivity contribution in [3.8, 4) is 0 Å². The minimum Gasteiger partial charge on any atom is -0.367 e. The number of hydrogen-bond acceptors (Lipinski definition) is 4. The molecule has 1 N–H and O–H groups in total. The maximum Gasteiger partial charge on any atom is 0.0983 e. The Morgan fingerprint density at radius 3 is 2.24 bits per heavy atom. The van der Waals surface area contributed by atoms with Crippen molar-refractivity contribution in [3.05, 3.63) is 17.7 Å². The van der Waals surface area contributed by atoms with Crippen molar-refractivity contribution in [1.82, 2.24) is 5.32 Å². The second-order valence-electron chi connectivity index (χ2n) is 5.69. The molecule has 0 radical (unpaired) electrons. The number of fused-ring (bicyclic) bond motifs is 1. The highest BCUT2D eigenvalue weighted by molar-refractivity contribution is 5.90. The third-order valence-corrected chi connectivity index (χ3v) is 4.62. The van der Waals surface area contributed by atoms with Crippen molar-refractivity contribution < 1.29 is 0 Å². The lowest BCUT2D eigenvalue weighted by molar-refractivity contribution is 0.588. The summed E-state index contributed by atoms with van der Waals surface area (Å²) < 4.78 is 0. The molecule has 1 unspecified atom stereocenters. The number of benzene rings is 1. The largest absolute Gasteiger partial charge is 0.367 e. The van der Waals surface area contributed by atoms with Crippen molar-refractivity contribution >= 4 is 17.1 Å². The zero-order valence-electron chi connectivity index (χ0n) is 14.4. The Hall–Kier alpha value is -1.42. The molecule has 2 aliphatic heterocycles. The van der Waals surface area contributed by atoms with Crippen LogP contribution < -0.4 is 20.0 Å². The van der Waals surface area contributed by atoms with Gasteiger partial charge in [0.1, 0.15) is 0 Å². The minimum atomic E-state index is 0.429. The van der Waals surface area contributed by atoms with Crippen LogP contribution in [0.15, 0.2) is 12.1 Å². The standard InChI is InChI=1S/C15H24N4.C2H6/c1-11-5-6-13-15(18(4)12(2)17(13)3)14(11)19-9-7-16-8-10-19;1-2/h5-6,12,16H,7-10H2,1-4H3;1-2H3. The highest BCUT2D eigenvalue weighted by atomic mass is 15.4. The van der Waals surface area contributed by atoms with Crippen LogP contribution in [0.1, 0.15) is 26.3 Å². The molecule has 1 atom stereocenters. The Labute approximate surface area is 129 Å². The van der Waals surface area contributed by atoms with Crippen molar-refractivity contribution in [2.75, 3.05) is 55.0 Å². The van der Waals surface area contributed by atoms with Crippen molar-refractivity contribution in [2.24, 2.45) is 0 Å². The van der Waals surface area contributed by atoms with Gasteiger partial charge in [0.25, 0.3) is 0 Å². The van der Waals surface area contributed by atoms with Crippen LogP contribution in [-0.2, 0) is 0 Å². The molecule has 0 bridgehead atoms. The Morgan fingerprint density at radius 2 is 1.62 bits per heavy atom. The molecule has 3 rings (SSSR count). The summed E-state index contributed by atoms with van der Waals surface area (Å²) in [7, 11) is 4.39. The Balaban J connectivity index is 0.000000774. The van der Waals surface area contributed by atoms with E-state index in [-0.39, 0.29) is 0 Å². The number of hydrogen-bond donors (Lipinski definition) is 1. The average molecular weight is 290 g/mol. The second kappa shape index (κ2) is 6.56. The van der Waals surface area contributed by atoms with Crippen LogP contribution in [0, 0.1) is 6.92 Å². The topological polar surface area (TPSA) is 21.8 Å². The van der Waals surface area contributed by atoms with E-state index < -0.39 is 0 Å². The van der Waals surface area contributed by atoms with E-state index in [9.17, 15) is 0 Å². The van der Waals surface area contributed by atoms with Gasteiger partial charge in [0.05, 0.1) is 23.2 Å². The number of nitrogens with one attached hydrogen (secondary N) is 1. The number of aryl methyl sites for hydroxylation is 1. The van der Waals surface area contributed by atoms with Gasteiger partial charge in [-0.3, -0.25) is 0 Å². The predicted octanol–water partition coefficient (Wildman–Crippen LogP) is 2.66. The normalized spacial score (nSPS) is 21.0. The Bertz CT molecular complexity index is 480. The number of rotatable bonds is 1. The first-order valence-electron chi connectivity index (χ1n) is 8.16. The van der Waals surface area contributed by atoms with Gasteiger partial charge in [0.15, 0.2) is 0 Å². The van der Waals surface area contributed by atoms with Crippen LogP contribution in [0.5, 0.6) is 0 Å². The SMILES string of the molecule is CC.Cc1ccc2c(c1N1CCNCC1)N(C)C(C)N2C. The van der Waals surface area contributed by atoms with Gasteiger partial charge in [-0.2, -0.15) is 0 Å². The van der Waals surface area contributed by atoms with Crippen molar-refractivity contribution in [1.29, 1.82) is 0 Å². The zero-order chi connectivity index (χ0) is 15.6. The lowest BCUT2D eigenvalue weighted by Gasteiger charge is -2.33. The fourth-order valence-corrected chi connectivity index (χ4v) is 3.24. The van der Waals surface area contributed by atoms with E-state index in [2.05, 4.69) is 60.1 Å². The fraction of sp³-hybridized carbons (Fsp3) is 0.647. The molecule has 0 spiro atoms. The highest BCUT2D eigenvalue weighted by Crippen LogP contribution is 2.46. The summed E-state index contributed by atoms with van der Waals surface area (Å²) in [6.45, 7) is 12.9. The van der Waals surface area contributed by atoms with Crippen LogP contribution in [-0.4, -0.2) is 46.4 Å². The van der Waals surface area contributed by atoms with Gasteiger partial charge in [0.2, 0.25) is 0 Å². The molecule has 0 saturated carbocycles. The molecule has 2 aliphatic rings. The van der Waals surface area contributed by atoms with E-state index in [1.807, 2.05) is 13.8 Å². The van der Waals surface area contributed by atoms with Crippen LogP contribution in [0.25, 0.3) is 0 Å². The maximum atomic E-state index is 3.43. The van der Waals surface area contributed by atoms with E-state index in [1.165, 1.54) is 22.6 Å². The molecule has 0 amide bonds. The van der Waals surface area contributed by atoms with Crippen LogP contribution in [0.2, 0.25) is 0 Å². The van der Waals surface area contributed by atoms with Gasteiger partial charge in [-0.15, -0.1) is 0 Å². The number of piperazine rings is 1. The van der Waals surface area contributed by atoms with E-state index in [0.29, 0.717) is 6.17 Å². The Kier molecular flexibility index (Phi) is 4.99. The van der Waals surface area contributed by atoms with Crippen molar-refractivity contribution in [3.63, 3.8) is 0 Å². The molecule has 1 aromatic carbocycles. The summed E-state index contributed by atoms with van der Waals surface area (Å²) in [5.74, 6) is 0. The number of nitrogens with zero attached hydrogens (tertiary/aromatic N) is 3. The molecule has 4 heteroatoms. The molecule has 2 heterocycles. The first kappa shape index (κ1) is 16.0. The van der Waals surface area contributed by atoms with E-state index >= 15 is 0 Å². The van der Waals surface area contributed by atoms with Crippen molar-refractivity contribution in [2.45, 2.75) is 33.9 Å². The Morgan fingerprint density at radius 1 is 1.00 bits per heavy atom. The van der Waals surface area contributed by atoms with Gasteiger partial charge in [-0.05, 0) is 25.5 Å². The third-order valence-electron chi connectivity index (χ3n) is 4.62. The van der Waals surface area contributed by atoms with Gasteiger partial charge >= 0.3 is 0 Å². The summed E-state index contributed by atoms with van der Waals surface area (Å²) in [6, 6.07) is 4.52. The highest BCUT2D eigenvalue weighted by Gasteiger charge is 2.32. The van der Waals surface area contributed by atoms with Gasteiger partial charge in [-0.25, -0.2) is 0 Å². The summed E-state index contributed by atoms with van der Waals surface area (Å²) in [5.41, 5.74) is 5.57. The lowest BCUT2D eigenvalue weighted by atomic mass is 10.1. The average Bonchev–Trinajstić information content (AvgIpc) is 2.75. The van der Waals surface area contributed by atoms with Crippen LogP contribution in [0.4, 0.5) is 17.1 Å². The summed E-state index contributed by atoms with van der Waals surface area (Å²) >= 11 is 0. The molecule has 0 aromatic heterocycles. The molecular formula is C17H30N4. The van der Waals surface area contributed by atoms with E-state index in [1.54, 1.807) is 0 Å². The zero-order valence-corrected chi connectivity index (χ0v) is 14.4. The predicted molar refractivity (Wildman–Crippen MR) is 93.9 cm³/mol. The maximum absolute atomic E-state index is 3.43. The molecule has 21 heavy (non-hydrogen) atoms. The van der Waals surface area contributed by atoms with E-state index in [0.717, 1.165) is 26.2 Å². The minimum absolute atomic E-state index is 0.429. The third kappa shape index (κ3) is 2.69. The molecule has 1 saturated heterocycles. The number of anilines is 3. The fourth-order valence-electron chi connectivity index (χ4n) is 3.24. The monoisotopic (exact) mass is 290 g/mol. The molecule has 4 nitrogen and oxygen atoms in total. The summed E-state index contributed by atoms with van der Waals surface area (Å²) in [6.07, 6.45) is 0.429. The smallest absolute Gasteiger partial charge is 0.0983 e. The molecule has 1 aromatic rings. The molecular weight excluding hydrogens is 260 g/mol. The summed E-state index contributed by atoms with van der Waals surface area (Å²) in [4.78, 5) is 7.30. The summed E-state index contributed by atoms with van der Waals surface area (Å²) in [5, 5.41) is 3.43. The van der Waals surface area contributed by atoms with Gasteiger partial charge < -0.3 is 20.0 Å². The molecule has 1 fully saturated rings. The molecule has 0 aliphatic carbocycles. The quantitative estimate of drug-likeness (QED) is 0.858. The van der Waals surface area contributed by atoms with Crippen LogP contribution in [0.3, 0.4) is 0 Å². The first-order valence-corrected chi connectivity index (χ1v) is 8.16. The lowest BCUT2D eigenvalue weighted by Crippen LogP contribution is -2.44.